The molecule has 0 unspecified atom stereocenters. The van der Waals surface area contributed by atoms with Crippen LogP contribution < -0.4 is 0 Å². The van der Waals surface area contributed by atoms with E-state index in [1.165, 1.54) is 21.9 Å². The van der Waals surface area contributed by atoms with E-state index in [4.69, 9.17) is 0 Å². The molecule has 1 N–H and O–H groups in total. The fourth-order valence-corrected chi connectivity index (χ4v) is 2.77. The zero-order valence-electron chi connectivity index (χ0n) is 9.13. The molecule has 0 aliphatic carbocycles. The van der Waals surface area contributed by atoms with Crippen molar-refractivity contribution >= 4 is 37.7 Å². The first-order chi connectivity index (χ1) is 7.66. The minimum Gasteiger partial charge on any atom is -0.353 e. The smallest absolute Gasteiger partial charge is 0.0681 e. The molecule has 16 heavy (non-hydrogen) atoms. The van der Waals surface area contributed by atoms with Crippen molar-refractivity contribution in [1.29, 1.82) is 0 Å². The van der Waals surface area contributed by atoms with Crippen LogP contribution in [0.2, 0.25) is 0 Å². The second-order valence-electron chi connectivity index (χ2n) is 4.09. The summed E-state index contributed by atoms with van der Waals surface area (Å²) in [7, 11) is 0. The average Bonchev–Trinajstić information content (AvgIpc) is 2.59. The van der Waals surface area contributed by atoms with Gasteiger partial charge in [0.2, 0.25) is 0 Å². The molecule has 2 aromatic heterocycles. The fraction of sp³-hybridized carbons (Fsp3) is 0.154. The summed E-state index contributed by atoms with van der Waals surface area (Å²) >= 11 is 3.54. The molecule has 3 heteroatoms. The summed E-state index contributed by atoms with van der Waals surface area (Å²) in [5, 5.41) is 2.50. The molecule has 0 atom stereocenters. The van der Waals surface area contributed by atoms with E-state index in [1.54, 1.807) is 0 Å². The van der Waals surface area contributed by atoms with Gasteiger partial charge in [0.15, 0.2) is 0 Å². The van der Waals surface area contributed by atoms with Gasteiger partial charge in [-0.25, -0.2) is 0 Å². The Morgan fingerprint density at radius 1 is 1.12 bits per heavy atom. The third-order valence-corrected chi connectivity index (χ3v) is 3.44. The Kier molecular flexibility index (Phi) is 2.04. The molecular formula is C13H11BrN2. The van der Waals surface area contributed by atoms with Gasteiger partial charge in [-0.2, -0.15) is 0 Å². The van der Waals surface area contributed by atoms with Crippen LogP contribution in [0.4, 0.5) is 0 Å². The van der Waals surface area contributed by atoms with Gasteiger partial charge in [-0.3, -0.25) is 4.98 Å². The van der Waals surface area contributed by atoms with Gasteiger partial charge in [-0.15, -0.1) is 0 Å². The van der Waals surface area contributed by atoms with Crippen LogP contribution in [0.5, 0.6) is 0 Å². The number of nitrogens with one attached hydrogen (secondary N) is 1. The van der Waals surface area contributed by atoms with Gasteiger partial charge in [-0.05, 0) is 37.6 Å². The van der Waals surface area contributed by atoms with E-state index >= 15 is 0 Å². The summed E-state index contributed by atoms with van der Waals surface area (Å²) in [6.45, 7) is 4.15. The summed E-state index contributed by atoms with van der Waals surface area (Å²) in [5.41, 5.74) is 4.64. The van der Waals surface area contributed by atoms with E-state index < -0.39 is 0 Å². The third kappa shape index (κ3) is 1.28. The lowest BCUT2D eigenvalue weighted by atomic mass is 10.1. The highest BCUT2D eigenvalue weighted by atomic mass is 79.9. The SMILES string of the molecule is Cc1cc(Br)cc2c1[nH]c1c(C)nccc12. The van der Waals surface area contributed by atoms with Crippen molar-refractivity contribution in [3.05, 3.63) is 40.1 Å². The maximum atomic E-state index is 4.31. The number of fused-ring (bicyclic) bond motifs is 3. The number of aryl methyl sites for hydroxylation is 2. The second-order valence-corrected chi connectivity index (χ2v) is 5.00. The van der Waals surface area contributed by atoms with Crippen LogP contribution in [0, 0.1) is 13.8 Å². The summed E-state index contributed by atoms with van der Waals surface area (Å²) < 4.78 is 1.12. The van der Waals surface area contributed by atoms with Gasteiger partial charge in [0, 0.05) is 27.0 Å². The number of hydrogen-bond donors (Lipinski definition) is 1. The van der Waals surface area contributed by atoms with Gasteiger partial charge in [-0.1, -0.05) is 15.9 Å². The molecule has 0 bridgehead atoms. The van der Waals surface area contributed by atoms with Crippen molar-refractivity contribution in [3.63, 3.8) is 0 Å². The van der Waals surface area contributed by atoms with Crippen molar-refractivity contribution in [2.75, 3.05) is 0 Å². The Morgan fingerprint density at radius 2 is 1.94 bits per heavy atom. The third-order valence-electron chi connectivity index (χ3n) is 2.98. The summed E-state index contributed by atoms with van der Waals surface area (Å²) in [5.74, 6) is 0. The highest BCUT2D eigenvalue weighted by molar-refractivity contribution is 9.10. The van der Waals surface area contributed by atoms with Crippen LogP contribution in [0.3, 0.4) is 0 Å². The van der Waals surface area contributed by atoms with Gasteiger partial charge in [0.1, 0.15) is 0 Å². The highest BCUT2D eigenvalue weighted by Crippen LogP contribution is 2.31. The standard InChI is InChI=1S/C13H11BrN2/c1-7-5-9(14)6-11-10-3-4-15-8(2)13(10)16-12(7)11/h3-6,16H,1-2H3. The lowest BCUT2D eigenvalue weighted by molar-refractivity contribution is 1.22. The number of halogens is 1. The molecule has 1 aromatic carbocycles. The first kappa shape index (κ1) is 9.85. The number of rotatable bonds is 0. The zero-order chi connectivity index (χ0) is 11.3. The molecule has 2 nitrogen and oxygen atoms in total. The van der Waals surface area contributed by atoms with Gasteiger partial charge in [0.05, 0.1) is 11.2 Å². The number of pyridine rings is 1. The highest BCUT2D eigenvalue weighted by Gasteiger charge is 2.08. The number of nitrogens with zero attached hydrogens (tertiary/aromatic N) is 1. The first-order valence-corrected chi connectivity index (χ1v) is 5.99. The number of aromatic amines is 1. The fourth-order valence-electron chi connectivity index (χ4n) is 2.20. The largest absolute Gasteiger partial charge is 0.353 e. The van der Waals surface area contributed by atoms with E-state index in [0.29, 0.717) is 0 Å². The van der Waals surface area contributed by atoms with Crippen LogP contribution in [0.15, 0.2) is 28.9 Å². The predicted molar refractivity (Wildman–Crippen MR) is 70.8 cm³/mol. The van der Waals surface area contributed by atoms with Crippen molar-refractivity contribution in [2.45, 2.75) is 13.8 Å². The Morgan fingerprint density at radius 3 is 2.75 bits per heavy atom. The Labute approximate surface area is 102 Å². The van der Waals surface area contributed by atoms with Crippen LogP contribution in [0.25, 0.3) is 21.8 Å². The summed E-state index contributed by atoms with van der Waals surface area (Å²) in [6.07, 6.45) is 1.86. The molecule has 0 saturated heterocycles. The number of hydrogen-bond acceptors (Lipinski definition) is 1. The Hall–Kier alpha value is -1.35. The first-order valence-electron chi connectivity index (χ1n) is 5.20. The number of benzene rings is 1. The van der Waals surface area contributed by atoms with E-state index in [1.807, 2.05) is 13.1 Å². The molecule has 3 rings (SSSR count). The van der Waals surface area contributed by atoms with Crippen LogP contribution in [-0.2, 0) is 0 Å². The molecule has 0 radical (unpaired) electrons. The lowest BCUT2D eigenvalue weighted by Gasteiger charge is -1.97. The van der Waals surface area contributed by atoms with Gasteiger partial charge in [0.25, 0.3) is 0 Å². The minimum atomic E-state index is 1.05. The normalized spacial score (nSPS) is 11.4. The minimum absolute atomic E-state index is 1.05. The number of H-pyrrole nitrogens is 1. The second kappa shape index (κ2) is 3.32. The summed E-state index contributed by atoms with van der Waals surface area (Å²) in [4.78, 5) is 7.77. The Balaban J connectivity index is 2.61. The van der Waals surface area contributed by atoms with Crippen molar-refractivity contribution < 1.29 is 0 Å². The molecule has 0 fully saturated rings. The molecule has 80 valence electrons. The molecule has 3 aromatic rings. The van der Waals surface area contributed by atoms with E-state index in [0.717, 1.165) is 15.7 Å². The quantitative estimate of drug-likeness (QED) is 0.657. The van der Waals surface area contributed by atoms with Crippen LogP contribution in [-0.4, -0.2) is 9.97 Å². The molecular weight excluding hydrogens is 264 g/mol. The van der Waals surface area contributed by atoms with Gasteiger partial charge >= 0.3 is 0 Å². The van der Waals surface area contributed by atoms with Crippen molar-refractivity contribution in [1.82, 2.24) is 9.97 Å². The topological polar surface area (TPSA) is 28.7 Å². The molecule has 2 heterocycles. The molecule has 0 spiro atoms. The molecule has 0 amide bonds. The Bertz CT molecular complexity index is 698. The summed E-state index contributed by atoms with van der Waals surface area (Å²) in [6, 6.07) is 6.34. The molecule has 0 aliphatic heterocycles. The van der Waals surface area contributed by atoms with Crippen LogP contribution in [0.1, 0.15) is 11.3 Å². The van der Waals surface area contributed by atoms with Gasteiger partial charge < -0.3 is 4.98 Å². The molecule has 0 saturated carbocycles. The number of aromatic nitrogens is 2. The van der Waals surface area contributed by atoms with Crippen molar-refractivity contribution in [2.24, 2.45) is 0 Å². The van der Waals surface area contributed by atoms with E-state index in [2.05, 4.69) is 51.0 Å². The van der Waals surface area contributed by atoms with E-state index in [9.17, 15) is 0 Å². The van der Waals surface area contributed by atoms with E-state index in [-0.39, 0.29) is 0 Å². The van der Waals surface area contributed by atoms with Crippen LogP contribution >= 0.6 is 15.9 Å². The average molecular weight is 275 g/mol. The maximum Gasteiger partial charge on any atom is 0.0681 e. The van der Waals surface area contributed by atoms with Crippen molar-refractivity contribution in [3.8, 4) is 0 Å². The molecule has 0 aliphatic rings. The lowest BCUT2D eigenvalue weighted by Crippen LogP contribution is -1.80. The monoisotopic (exact) mass is 274 g/mol. The zero-order valence-corrected chi connectivity index (χ0v) is 10.7. The predicted octanol–water partition coefficient (Wildman–Crippen LogP) is 4.10. The maximum absolute atomic E-state index is 4.31.